The van der Waals surface area contributed by atoms with E-state index in [0.29, 0.717) is 0 Å². The number of amides is 1. The molecule has 0 rings (SSSR count). The largest absolute Gasteiger partial charge is 0.343 e. The first-order valence-corrected chi connectivity index (χ1v) is 4.97. The van der Waals surface area contributed by atoms with Crippen molar-refractivity contribution in [1.82, 2.24) is 4.90 Å². The van der Waals surface area contributed by atoms with Crippen molar-refractivity contribution in [2.45, 2.75) is 46.5 Å². The number of hydrogen-bond acceptors (Lipinski definition) is 1. The quantitative estimate of drug-likeness (QED) is 0.562. The van der Waals surface area contributed by atoms with Gasteiger partial charge in [0.1, 0.15) is 0 Å². The minimum Gasteiger partial charge on any atom is -0.343 e. The van der Waals surface area contributed by atoms with Crippen LogP contribution in [0.1, 0.15) is 46.5 Å². The average Bonchev–Trinajstić information content (AvgIpc) is 2.03. The van der Waals surface area contributed by atoms with E-state index in [-0.39, 0.29) is 5.91 Å². The van der Waals surface area contributed by atoms with Crippen LogP contribution in [0.4, 0.5) is 0 Å². The molecule has 2 nitrogen and oxygen atoms in total. The van der Waals surface area contributed by atoms with Crippen LogP contribution >= 0.6 is 0 Å². The molecule has 0 unspecified atom stereocenters. The van der Waals surface area contributed by atoms with Crippen LogP contribution in [0.5, 0.6) is 0 Å². The van der Waals surface area contributed by atoms with Gasteiger partial charge in [0.2, 0.25) is 5.91 Å². The molecule has 0 spiro atoms. The van der Waals surface area contributed by atoms with Crippen molar-refractivity contribution in [1.29, 1.82) is 0 Å². The molecule has 0 bridgehead atoms. The molecule has 0 saturated heterocycles. The third kappa shape index (κ3) is 5.16. The highest BCUT2D eigenvalue weighted by Crippen LogP contribution is 1.99. The molecule has 0 aromatic rings. The Morgan fingerprint density at radius 3 is 2.17 bits per heavy atom. The Morgan fingerprint density at radius 1 is 1.08 bits per heavy atom. The van der Waals surface area contributed by atoms with Crippen LogP contribution in [-0.4, -0.2) is 23.9 Å². The van der Waals surface area contributed by atoms with Gasteiger partial charge in [-0.2, -0.15) is 0 Å². The first-order chi connectivity index (χ1) is 5.72. The van der Waals surface area contributed by atoms with Gasteiger partial charge in [0, 0.05) is 20.0 Å². The van der Waals surface area contributed by atoms with Crippen molar-refractivity contribution >= 4 is 5.91 Å². The topological polar surface area (TPSA) is 20.3 Å². The molecule has 0 saturated carbocycles. The van der Waals surface area contributed by atoms with Gasteiger partial charge in [-0.1, -0.05) is 26.7 Å². The van der Waals surface area contributed by atoms with Crippen molar-refractivity contribution in [3.63, 3.8) is 0 Å². The summed E-state index contributed by atoms with van der Waals surface area (Å²) in [5, 5.41) is 0. The summed E-state index contributed by atoms with van der Waals surface area (Å²) in [5.74, 6) is 0.216. The lowest BCUT2D eigenvalue weighted by molar-refractivity contribution is -0.128. The van der Waals surface area contributed by atoms with Crippen molar-refractivity contribution in [3.05, 3.63) is 0 Å². The second-order valence-electron chi connectivity index (χ2n) is 3.21. The van der Waals surface area contributed by atoms with Crippen molar-refractivity contribution in [2.75, 3.05) is 13.1 Å². The fourth-order valence-corrected chi connectivity index (χ4v) is 1.25. The molecule has 0 aliphatic rings. The van der Waals surface area contributed by atoms with E-state index in [1.54, 1.807) is 6.92 Å². The Balaban J connectivity index is 3.56. The zero-order chi connectivity index (χ0) is 9.40. The summed E-state index contributed by atoms with van der Waals surface area (Å²) >= 11 is 0. The Morgan fingerprint density at radius 2 is 1.75 bits per heavy atom. The Labute approximate surface area is 75.9 Å². The second-order valence-corrected chi connectivity index (χ2v) is 3.21. The molecular weight excluding hydrogens is 150 g/mol. The summed E-state index contributed by atoms with van der Waals surface area (Å²) in [6, 6.07) is 0. The number of hydrogen-bond donors (Lipinski definition) is 0. The number of unbranched alkanes of at least 4 members (excludes halogenated alkanes) is 2. The van der Waals surface area contributed by atoms with E-state index in [4.69, 9.17) is 0 Å². The van der Waals surface area contributed by atoms with Gasteiger partial charge >= 0.3 is 0 Å². The van der Waals surface area contributed by atoms with Crippen molar-refractivity contribution in [2.24, 2.45) is 0 Å². The minimum atomic E-state index is 0.216. The van der Waals surface area contributed by atoms with E-state index in [9.17, 15) is 4.79 Å². The monoisotopic (exact) mass is 171 g/mol. The van der Waals surface area contributed by atoms with Crippen LogP contribution in [0.3, 0.4) is 0 Å². The predicted octanol–water partition coefficient (Wildman–Crippen LogP) is 2.44. The molecule has 0 aromatic heterocycles. The molecular formula is C10H21NO. The van der Waals surface area contributed by atoms with Crippen LogP contribution < -0.4 is 0 Å². The van der Waals surface area contributed by atoms with Gasteiger partial charge in [-0.25, -0.2) is 0 Å². The smallest absolute Gasteiger partial charge is 0.219 e. The van der Waals surface area contributed by atoms with Gasteiger partial charge in [-0.3, -0.25) is 4.79 Å². The number of carbonyl (C=O) groups is 1. The number of carbonyl (C=O) groups excluding carboxylic acids is 1. The third-order valence-corrected chi connectivity index (χ3v) is 1.97. The van der Waals surface area contributed by atoms with Crippen LogP contribution in [0.25, 0.3) is 0 Å². The van der Waals surface area contributed by atoms with Crippen LogP contribution in [0.2, 0.25) is 0 Å². The van der Waals surface area contributed by atoms with Gasteiger partial charge in [0.05, 0.1) is 0 Å². The standard InChI is InChI=1S/C10H21NO/c1-4-6-7-9-11(8-5-2)10(3)12/h4-9H2,1-3H3. The summed E-state index contributed by atoms with van der Waals surface area (Å²) in [7, 11) is 0. The van der Waals surface area contributed by atoms with E-state index < -0.39 is 0 Å². The van der Waals surface area contributed by atoms with Crippen LogP contribution in [0.15, 0.2) is 0 Å². The fraction of sp³-hybridized carbons (Fsp3) is 0.900. The normalized spacial score (nSPS) is 9.92. The Bertz CT molecular complexity index is 123. The van der Waals surface area contributed by atoms with Gasteiger partial charge in [-0.05, 0) is 12.8 Å². The maximum absolute atomic E-state index is 11.1. The zero-order valence-corrected chi connectivity index (χ0v) is 8.60. The lowest BCUT2D eigenvalue weighted by atomic mass is 10.2. The number of rotatable bonds is 6. The highest BCUT2D eigenvalue weighted by Gasteiger charge is 2.05. The average molecular weight is 171 g/mol. The van der Waals surface area contributed by atoms with Gasteiger partial charge in [-0.15, -0.1) is 0 Å². The molecule has 72 valence electrons. The predicted molar refractivity (Wildman–Crippen MR) is 52.1 cm³/mol. The lowest BCUT2D eigenvalue weighted by Crippen LogP contribution is -2.30. The molecule has 0 radical (unpaired) electrons. The summed E-state index contributed by atoms with van der Waals surface area (Å²) < 4.78 is 0. The molecule has 0 heterocycles. The van der Waals surface area contributed by atoms with E-state index >= 15 is 0 Å². The summed E-state index contributed by atoms with van der Waals surface area (Å²) in [6.07, 6.45) is 4.66. The maximum Gasteiger partial charge on any atom is 0.219 e. The summed E-state index contributed by atoms with van der Waals surface area (Å²) in [4.78, 5) is 13.0. The molecule has 1 amide bonds. The van der Waals surface area contributed by atoms with E-state index in [0.717, 1.165) is 25.9 Å². The number of nitrogens with zero attached hydrogens (tertiary/aromatic N) is 1. The highest BCUT2D eigenvalue weighted by molar-refractivity contribution is 5.73. The zero-order valence-electron chi connectivity index (χ0n) is 8.60. The maximum atomic E-state index is 11.1. The Hall–Kier alpha value is -0.530. The minimum absolute atomic E-state index is 0.216. The molecule has 0 atom stereocenters. The molecule has 0 aliphatic carbocycles. The molecule has 0 aromatic carbocycles. The van der Waals surface area contributed by atoms with E-state index in [1.165, 1.54) is 12.8 Å². The van der Waals surface area contributed by atoms with Crippen molar-refractivity contribution < 1.29 is 4.79 Å². The van der Waals surface area contributed by atoms with Crippen LogP contribution in [0, 0.1) is 0 Å². The highest BCUT2D eigenvalue weighted by atomic mass is 16.2. The molecule has 0 aliphatic heterocycles. The summed E-state index contributed by atoms with van der Waals surface area (Å²) in [5.41, 5.74) is 0. The molecule has 0 fully saturated rings. The van der Waals surface area contributed by atoms with E-state index in [1.807, 2.05) is 4.90 Å². The molecule has 0 N–H and O–H groups in total. The van der Waals surface area contributed by atoms with Crippen LogP contribution in [-0.2, 0) is 4.79 Å². The lowest BCUT2D eigenvalue weighted by Gasteiger charge is -2.19. The first-order valence-electron chi connectivity index (χ1n) is 4.97. The first kappa shape index (κ1) is 11.5. The molecule has 2 heteroatoms. The van der Waals surface area contributed by atoms with Gasteiger partial charge in [0.15, 0.2) is 0 Å². The third-order valence-electron chi connectivity index (χ3n) is 1.97. The SMILES string of the molecule is CCCCCN(CCC)C(C)=O. The fourth-order valence-electron chi connectivity index (χ4n) is 1.25. The van der Waals surface area contributed by atoms with Gasteiger partial charge < -0.3 is 4.90 Å². The Kier molecular flexibility index (Phi) is 6.82. The second kappa shape index (κ2) is 7.14. The van der Waals surface area contributed by atoms with E-state index in [2.05, 4.69) is 13.8 Å². The van der Waals surface area contributed by atoms with Gasteiger partial charge in [0.25, 0.3) is 0 Å². The molecule has 12 heavy (non-hydrogen) atoms. The van der Waals surface area contributed by atoms with Crippen molar-refractivity contribution in [3.8, 4) is 0 Å². The summed E-state index contributed by atoms with van der Waals surface area (Å²) in [6.45, 7) is 7.80.